The van der Waals surface area contributed by atoms with Crippen LogP contribution in [0, 0.1) is 0 Å². The van der Waals surface area contributed by atoms with Crippen molar-refractivity contribution in [3.63, 3.8) is 0 Å². The number of ether oxygens (including phenoxy) is 3. The minimum Gasteiger partial charge on any atom is -0.490 e. The Hall–Kier alpha value is -3.12. The molecule has 272 valence electrons. The van der Waals surface area contributed by atoms with E-state index in [1.807, 2.05) is 57.2 Å². The van der Waals surface area contributed by atoms with Crippen LogP contribution in [0.2, 0.25) is 5.02 Å². The third-order valence-corrected chi connectivity index (χ3v) is 9.97. The van der Waals surface area contributed by atoms with Gasteiger partial charge in [-0.15, -0.1) is 0 Å². The molecule has 1 aliphatic heterocycles. The molecule has 3 aliphatic rings. The fourth-order valence-electron chi connectivity index (χ4n) is 5.83. The Morgan fingerprint density at radius 1 is 0.920 bits per heavy atom. The molecule has 6 rings (SSSR count). The number of halogens is 3. The Morgan fingerprint density at radius 2 is 1.58 bits per heavy atom. The van der Waals surface area contributed by atoms with Gasteiger partial charge in [-0.1, -0.05) is 29.8 Å². The number of hydrogen-bond donors (Lipinski definition) is 2. The van der Waals surface area contributed by atoms with Gasteiger partial charge in [0.15, 0.2) is 0 Å². The lowest BCUT2D eigenvalue weighted by atomic mass is 10.0. The molecule has 0 radical (unpaired) electrons. The van der Waals surface area contributed by atoms with Crippen molar-refractivity contribution in [2.45, 2.75) is 113 Å². The summed E-state index contributed by atoms with van der Waals surface area (Å²) in [5, 5.41) is 5.15. The first-order chi connectivity index (χ1) is 23.8. The van der Waals surface area contributed by atoms with Crippen LogP contribution in [0.1, 0.15) is 77.7 Å². The van der Waals surface area contributed by atoms with Crippen LogP contribution in [0.5, 0.6) is 11.5 Å². The van der Waals surface area contributed by atoms with Gasteiger partial charge in [-0.05, 0) is 151 Å². The minimum absolute atomic E-state index is 0.0187. The van der Waals surface area contributed by atoms with Crippen molar-refractivity contribution in [3.05, 3.63) is 65.2 Å². The van der Waals surface area contributed by atoms with E-state index in [0.717, 1.165) is 85.0 Å². The van der Waals surface area contributed by atoms with Gasteiger partial charge in [0.2, 0.25) is 0 Å². The van der Waals surface area contributed by atoms with Gasteiger partial charge in [-0.25, -0.2) is 9.52 Å². The number of fused-ring (bicyclic) bond motifs is 1. The third kappa shape index (κ3) is 11.2. The summed E-state index contributed by atoms with van der Waals surface area (Å²) in [5.41, 5.74) is -0.730. The van der Waals surface area contributed by atoms with Crippen molar-refractivity contribution in [2.24, 2.45) is 0 Å². The van der Waals surface area contributed by atoms with Gasteiger partial charge in [-0.3, -0.25) is 0 Å². The molecule has 1 unspecified atom stereocenters. The molecule has 0 aromatic heterocycles. The van der Waals surface area contributed by atoms with Gasteiger partial charge in [-0.2, -0.15) is 8.78 Å². The summed E-state index contributed by atoms with van der Waals surface area (Å²) in [7, 11) is 2.10. The molecular formula is C38H48ClF2N3O5S. The molecule has 1 saturated heterocycles. The zero-order valence-corrected chi connectivity index (χ0v) is 30.8. The standard InChI is InChI=1S/C27H26ClF2NO3S.C11H22N2O2/c28-24-12-7-19(15-25(24)34-21-9-10-21)27(29,30)26(16-32)31-35-23-11-6-17-13-22(8-5-18(17)14-23)33-20-3-1-2-4-20;1-11(2,3)15-10(14)12-9-5-7-13(4)8-6-9/h5-8,11-16,20-21,26,31H,1-4,9-10H2;9H,5-8H2,1-4H3,(H,12,14). The number of likely N-dealkylation sites (tertiary alicyclic amines) is 1. The number of nitrogens with zero attached hydrogens (tertiary/aromatic N) is 1. The maximum Gasteiger partial charge on any atom is 0.407 e. The Bertz CT molecular complexity index is 1610. The first-order valence-electron chi connectivity index (χ1n) is 17.4. The lowest BCUT2D eigenvalue weighted by Crippen LogP contribution is -2.45. The second-order valence-electron chi connectivity index (χ2n) is 14.3. The number of amides is 1. The highest BCUT2D eigenvalue weighted by Gasteiger charge is 2.42. The lowest BCUT2D eigenvalue weighted by molar-refractivity contribution is -0.119. The van der Waals surface area contributed by atoms with Crippen molar-refractivity contribution < 1.29 is 32.6 Å². The van der Waals surface area contributed by atoms with E-state index in [9.17, 15) is 9.59 Å². The number of carbonyl (C=O) groups is 2. The molecule has 1 amide bonds. The number of benzene rings is 3. The summed E-state index contributed by atoms with van der Waals surface area (Å²) < 4.78 is 50.0. The molecule has 0 spiro atoms. The van der Waals surface area contributed by atoms with E-state index in [1.54, 1.807) is 0 Å². The van der Waals surface area contributed by atoms with Crippen LogP contribution in [0.3, 0.4) is 0 Å². The van der Waals surface area contributed by atoms with E-state index in [-0.39, 0.29) is 47.0 Å². The maximum atomic E-state index is 15.2. The normalized spacial score (nSPS) is 18.2. The number of carbonyl (C=O) groups excluding carboxylic acids is 2. The monoisotopic (exact) mass is 731 g/mol. The summed E-state index contributed by atoms with van der Waals surface area (Å²) >= 11 is 7.10. The summed E-state index contributed by atoms with van der Waals surface area (Å²) in [6.45, 7) is 7.71. The van der Waals surface area contributed by atoms with E-state index in [4.69, 9.17) is 25.8 Å². The molecule has 2 N–H and O–H groups in total. The molecule has 50 heavy (non-hydrogen) atoms. The highest BCUT2D eigenvalue weighted by Crippen LogP contribution is 2.39. The van der Waals surface area contributed by atoms with Crippen LogP contribution < -0.4 is 19.5 Å². The molecule has 3 fully saturated rings. The molecule has 1 heterocycles. The largest absolute Gasteiger partial charge is 0.490 e. The average Bonchev–Trinajstić information content (AvgIpc) is 3.74. The van der Waals surface area contributed by atoms with Crippen LogP contribution in [0.25, 0.3) is 10.8 Å². The molecule has 8 nitrogen and oxygen atoms in total. The second kappa shape index (κ2) is 16.9. The number of alkyl halides is 2. The SMILES string of the molecule is CN1CCC(NC(=O)OC(C)(C)C)CC1.O=CC(NSc1ccc2cc(OC3CCCC3)ccc2c1)C(F)(F)c1ccc(Cl)c(OC2CC2)c1. The van der Waals surface area contributed by atoms with Gasteiger partial charge in [0.25, 0.3) is 5.92 Å². The van der Waals surface area contributed by atoms with Gasteiger partial charge >= 0.3 is 6.09 Å². The van der Waals surface area contributed by atoms with Crippen LogP contribution in [-0.2, 0) is 15.5 Å². The first-order valence-corrected chi connectivity index (χ1v) is 18.6. The zero-order valence-electron chi connectivity index (χ0n) is 29.2. The fourth-order valence-corrected chi connectivity index (χ4v) is 6.78. The number of nitrogens with one attached hydrogen (secondary N) is 2. The number of alkyl carbamates (subject to hydrolysis) is 1. The molecule has 1 atom stereocenters. The molecule has 3 aromatic rings. The molecule has 3 aromatic carbocycles. The van der Waals surface area contributed by atoms with Crippen LogP contribution >= 0.6 is 23.5 Å². The Balaban J connectivity index is 0.000000273. The Kier molecular flexibility index (Phi) is 12.9. The topological polar surface area (TPSA) is 89.1 Å². The van der Waals surface area contributed by atoms with Gasteiger partial charge in [0.05, 0.1) is 17.2 Å². The van der Waals surface area contributed by atoms with Crippen molar-refractivity contribution in [2.75, 3.05) is 20.1 Å². The smallest absolute Gasteiger partial charge is 0.407 e. The van der Waals surface area contributed by atoms with Crippen molar-refractivity contribution in [1.82, 2.24) is 14.9 Å². The number of rotatable bonds is 11. The first kappa shape index (κ1) is 38.1. The number of piperidine rings is 1. The highest BCUT2D eigenvalue weighted by molar-refractivity contribution is 7.97. The summed E-state index contributed by atoms with van der Waals surface area (Å²) in [5.74, 6) is -2.39. The fraction of sp³-hybridized carbons (Fsp3) is 0.526. The van der Waals surface area contributed by atoms with Crippen LogP contribution in [0.15, 0.2) is 59.5 Å². The molecule has 2 aliphatic carbocycles. The summed E-state index contributed by atoms with van der Waals surface area (Å²) in [4.78, 5) is 26.1. The highest BCUT2D eigenvalue weighted by atomic mass is 35.5. The maximum absolute atomic E-state index is 15.2. The second-order valence-corrected chi connectivity index (χ2v) is 15.7. The zero-order chi connectivity index (χ0) is 35.9. The third-order valence-electron chi connectivity index (χ3n) is 8.79. The van der Waals surface area contributed by atoms with Gasteiger partial charge in [0.1, 0.15) is 29.4 Å². The van der Waals surface area contributed by atoms with Crippen molar-refractivity contribution in [1.29, 1.82) is 0 Å². The van der Waals surface area contributed by atoms with E-state index in [1.165, 1.54) is 31.0 Å². The van der Waals surface area contributed by atoms with Crippen molar-refractivity contribution >= 4 is 46.7 Å². The van der Waals surface area contributed by atoms with E-state index in [2.05, 4.69) is 22.0 Å². The van der Waals surface area contributed by atoms with E-state index < -0.39 is 17.6 Å². The molecule has 2 saturated carbocycles. The molecule has 12 heteroatoms. The number of aldehydes is 1. The summed E-state index contributed by atoms with van der Waals surface area (Å²) in [6.07, 6.45) is 8.62. The van der Waals surface area contributed by atoms with Gasteiger partial charge < -0.3 is 29.2 Å². The quantitative estimate of drug-likeness (QED) is 0.149. The van der Waals surface area contributed by atoms with Crippen molar-refractivity contribution in [3.8, 4) is 11.5 Å². The predicted molar refractivity (Wildman–Crippen MR) is 195 cm³/mol. The van der Waals surface area contributed by atoms with E-state index >= 15 is 8.78 Å². The lowest BCUT2D eigenvalue weighted by Gasteiger charge is -2.30. The number of hydrogen-bond acceptors (Lipinski definition) is 8. The predicted octanol–water partition coefficient (Wildman–Crippen LogP) is 8.92. The van der Waals surface area contributed by atoms with Crippen LogP contribution in [-0.4, -0.2) is 67.3 Å². The minimum atomic E-state index is -3.45. The average molecular weight is 732 g/mol. The molecular weight excluding hydrogens is 684 g/mol. The Morgan fingerprint density at radius 3 is 2.24 bits per heavy atom. The summed E-state index contributed by atoms with van der Waals surface area (Å²) in [6, 6.07) is 13.9. The van der Waals surface area contributed by atoms with Crippen LogP contribution in [0.4, 0.5) is 13.6 Å². The van der Waals surface area contributed by atoms with E-state index in [0.29, 0.717) is 0 Å². The van der Waals surface area contributed by atoms with Gasteiger partial charge in [0, 0.05) is 16.5 Å². The Labute approximate surface area is 303 Å². The molecule has 0 bridgehead atoms.